The summed E-state index contributed by atoms with van der Waals surface area (Å²) in [6, 6.07) is 2.07. The fourth-order valence-electron chi connectivity index (χ4n) is 1.46. The highest BCUT2D eigenvalue weighted by atomic mass is 16.1. The van der Waals surface area contributed by atoms with Gasteiger partial charge in [-0.1, -0.05) is 0 Å². The molecule has 2 N–H and O–H groups in total. The molecule has 0 unspecified atom stereocenters. The van der Waals surface area contributed by atoms with Crippen LogP contribution in [0.3, 0.4) is 0 Å². The normalized spacial score (nSPS) is 10.8. The van der Waals surface area contributed by atoms with Gasteiger partial charge in [0.25, 0.3) is 0 Å². The van der Waals surface area contributed by atoms with Crippen LogP contribution in [0.5, 0.6) is 0 Å². The lowest BCUT2D eigenvalue weighted by atomic mass is 10.3. The molecule has 1 aromatic heterocycles. The Kier molecular flexibility index (Phi) is 4.98. The summed E-state index contributed by atoms with van der Waals surface area (Å²) < 4.78 is 1.80. The molecule has 1 aromatic rings. The van der Waals surface area contributed by atoms with E-state index in [2.05, 4.69) is 15.7 Å². The van der Waals surface area contributed by atoms with Crippen molar-refractivity contribution in [3.05, 3.63) is 12.3 Å². The predicted octanol–water partition coefficient (Wildman–Crippen LogP) is 1.40. The molecule has 0 aliphatic rings. The van der Waals surface area contributed by atoms with E-state index in [1.165, 1.54) is 0 Å². The van der Waals surface area contributed by atoms with Crippen molar-refractivity contribution in [2.24, 2.45) is 0 Å². The maximum atomic E-state index is 11.6. The summed E-state index contributed by atoms with van der Waals surface area (Å²) in [7, 11) is 1.88. The molecule has 0 saturated carbocycles. The van der Waals surface area contributed by atoms with Crippen LogP contribution in [0.15, 0.2) is 12.3 Å². The van der Waals surface area contributed by atoms with Crippen molar-refractivity contribution in [3.8, 4) is 0 Å². The second-order valence-corrected chi connectivity index (χ2v) is 4.01. The van der Waals surface area contributed by atoms with Gasteiger partial charge in [-0.05, 0) is 33.9 Å². The second kappa shape index (κ2) is 6.27. The number of carbonyl (C=O) groups excluding carboxylic acids is 1. The molecule has 1 heterocycles. The molecule has 5 heteroatoms. The number of hydrogen-bond donors (Lipinski definition) is 2. The van der Waals surface area contributed by atoms with E-state index in [9.17, 15) is 4.79 Å². The highest BCUT2D eigenvalue weighted by Crippen LogP contribution is 2.13. The molecule has 0 bridgehead atoms. The summed E-state index contributed by atoms with van der Waals surface area (Å²) in [6.45, 7) is 4.92. The third-order valence-corrected chi connectivity index (χ3v) is 2.26. The van der Waals surface area contributed by atoms with Crippen LogP contribution in [-0.4, -0.2) is 29.3 Å². The Bertz CT molecular complexity index is 332. The van der Waals surface area contributed by atoms with Gasteiger partial charge in [0, 0.05) is 18.5 Å². The fraction of sp³-hybridized carbons (Fsp3) is 0.636. The van der Waals surface area contributed by atoms with Gasteiger partial charge in [0.2, 0.25) is 5.91 Å². The minimum Gasteiger partial charge on any atom is -0.320 e. The number of anilines is 1. The zero-order valence-electron chi connectivity index (χ0n) is 10.2. The Hall–Kier alpha value is -1.36. The van der Waals surface area contributed by atoms with Crippen LogP contribution in [0, 0.1) is 0 Å². The molecular formula is C11H20N4O. The number of rotatable bonds is 6. The van der Waals surface area contributed by atoms with Crippen LogP contribution in [0.1, 0.15) is 32.7 Å². The number of carbonyl (C=O) groups is 1. The van der Waals surface area contributed by atoms with Gasteiger partial charge in [-0.2, -0.15) is 5.10 Å². The van der Waals surface area contributed by atoms with Crippen LogP contribution < -0.4 is 10.6 Å². The number of nitrogens with zero attached hydrogens (tertiary/aromatic N) is 2. The zero-order valence-corrected chi connectivity index (χ0v) is 10.2. The lowest BCUT2D eigenvalue weighted by molar-refractivity contribution is -0.116. The molecule has 0 radical (unpaired) electrons. The molecule has 1 amide bonds. The molecule has 90 valence electrons. The summed E-state index contributed by atoms with van der Waals surface area (Å²) in [4.78, 5) is 11.6. The number of amides is 1. The molecule has 0 atom stereocenters. The maximum Gasteiger partial charge on any atom is 0.225 e. The van der Waals surface area contributed by atoms with Crippen molar-refractivity contribution in [1.82, 2.24) is 15.1 Å². The highest BCUT2D eigenvalue weighted by Gasteiger charge is 2.08. The molecule has 0 aliphatic heterocycles. The first-order valence-corrected chi connectivity index (χ1v) is 5.63. The van der Waals surface area contributed by atoms with E-state index in [4.69, 9.17) is 0 Å². The van der Waals surface area contributed by atoms with Crippen LogP contribution in [0.4, 0.5) is 5.82 Å². The van der Waals surface area contributed by atoms with E-state index in [-0.39, 0.29) is 11.9 Å². The SMILES string of the molecule is CNCCCC(=O)Nc1ccnn1C(C)C. The van der Waals surface area contributed by atoms with Crippen LogP contribution in [0.2, 0.25) is 0 Å². The van der Waals surface area contributed by atoms with Crippen LogP contribution in [-0.2, 0) is 4.79 Å². The minimum atomic E-state index is 0.0395. The Morgan fingerprint density at radius 2 is 2.31 bits per heavy atom. The first-order valence-electron chi connectivity index (χ1n) is 5.63. The topological polar surface area (TPSA) is 59.0 Å². The van der Waals surface area contributed by atoms with Gasteiger partial charge in [0.05, 0.1) is 6.20 Å². The monoisotopic (exact) mass is 224 g/mol. The molecule has 0 saturated heterocycles. The summed E-state index contributed by atoms with van der Waals surface area (Å²) in [5.74, 6) is 0.808. The van der Waals surface area contributed by atoms with E-state index < -0.39 is 0 Å². The van der Waals surface area contributed by atoms with Gasteiger partial charge in [0.15, 0.2) is 0 Å². The fourth-order valence-corrected chi connectivity index (χ4v) is 1.46. The molecule has 16 heavy (non-hydrogen) atoms. The molecule has 0 aromatic carbocycles. The Morgan fingerprint density at radius 1 is 1.56 bits per heavy atom. The summed E-state index contributed by atoms with van der Waals surface area (Å²) in [6.07, 6.45) is 3.07. The van der Waals surface area contributed by atoms with Gasteiger partial charge >= 0.3 is 0 Å². The first kappa shape index (κ1) is 12.7. The Labute approximate surface area is 96.2 Å². The van der Waals surface area contributed by atoms with Crippen molar-refractivity contribution < 1.29 is 4.79 Å². The van der Waals surface area contributed by atoms with E-state index in [0.717, 1.165) is 18.8 Å². The average molecular weight is 224 g/mol. The van der Waals surface area contributed by atoms with Crippen molar-refractivity contribution in [2.45, 2.75) is 32.7 Å². The summed E-state index contributed by atoms with van der Waals surface area (Å²) in [5, 5.41) is 10.0. The lowest BCUT2D eigenvalue weighted by Crippen LogP contribution is -2.18. The lowest BCUT2D eigenvalue weighted by Gasteiger charge is -2.11. The van der Waals surface area contributed by atoms with Crippen molar-refractivity contribution >= 4 is 11.7 Å². The van der Waals surface area contributed by atoms with E-state index in [0.29, 0.717) is 6.42 Å². The van der Waals surface area contributed by atoms with Gasteiger partial charge in [-0.3, -0.25) is 4.79 Å². The maximum absolute atomic E-state index is 11.6. The third-order valence-electron chi connectivity index (χ3n) is 2.26. The average Bonchev–Trinajstić information content (AvgIpc) is 2.66. The molecule has 0 spiro atoms. The molecule has 1 rings (SSSR count). The first-order chi connectivity index (χ1) is 7.65. The standard InChI is InChI=1S/C11H20N4O/c1-9(2)15-10(6-8-13-15)14-11(16)5-4-7-12-3/h6,8-9,12H,4-5,7H2,1-3H3,(H,14,16). The Morgan fingerprint density at radius 3 is 2.94 bits per heavy atom. The summed E-state index contributed by atoms with van der Waals surface area (Å²) >= 11 is 0. The minimum absolute atomic E-state index is 0.0395. The van der Waals surface area contributed by atoms with Crippen LogP contribution in [0.25, 0.3) is 0 Å². The molecule has 0 fully saturated rings. The van der Waals surface area contributed by atoms with Gasteiger partial charge in [-0.15, -0.1) is 0 Å². The molecule has 0 aliphatic carbocycles. The largest absolute Gasteiger partial charge is 0.320 e. The van der Waals surface area contributed by atoms with Gasteiger partial charge in [0.1, 0.15) is 5.82 Å². The highest BCUT2D eigenvalue weighted by molar-refractivity contribution is 5.89. The summed E-state index contributed by atoms with van der Waals surface area (Å²) in [5.41, 5.74) is 0. The zero-order chi connectivity index (χ0) is 12.0. The number of nitrogens with one attached hydrogen (secondary N) is 2. The second-order valence-electron chi connectivity index (χ2n) is 4.01. The van der Waals surface area contributed by atoms with Crippen molar-refractivity contribution in [2.75, 3.05) is 18.9 Å². The number of hydrogen-bond acceptors (Lipinski definition) is 3. The third kappa shape index (κ3) is 3.66. The Balaban J connectivity index is 2.46. The van der Waals surface area contributed by atoms with Crippen molar-refractivity contribution in [1.29, 1.82) is 0 Å². The molecule has 5 nitrogen and oxygen atoms in total. The quantitative estimate of drug-likeness (QED) is 0.718. The van der Waals surface area contributed by atoms with E-state index in [1.807, 2.05) is 27.0 Å². The number of aromatic nitrogens is 2. The smallest absolute Gasteiger partial charge is 0.225 e. The van der Waals surface area contributed by atoms with Gasteiger partial charge in [-0.25, -0.2) is 4.68 Å². The molecular weight excluding hydrogens is 204 g/mol. The van der Waals surface area contributed by atoms with E-state index >= 15 is 0 Å². The van der Waals surface area contributed by atoms with E-state index in [1.54, 1.807) is 10.9 Å². The van der Waals surface area contributed by atoms with Gasteiger partial charge < -0.3 is 10.6 Å². The van der Waals surface area contributed by atoms with Crippen molar-refractivity contribution in [3.63, 3.8) is 0 Å². The van der Waals surface area contributed by atoms with Crippen LogP contribution >= 0.6 is 0 Å². The predicted molar refractivity (Wildman–Crippen MR) is 64.4 cm³/mol.